The topological polar surface area (TPSA) is 45.6 Å². The molecular formula is C27H25F2N3O2. The van der Waals surface area contributed by atoms with Gasteiger partial charge >= 0.3 is 0 Å². The average Bonchev–Trinajstić information content (AvgIpc) is 3.42. The van der Waals surface area contributed by atoms with Crippen molar-refractivity contribution in [2.24, 2.45) is 0 Å². The van der Waals surface area contributed by atoms with Crippen molar-refractivity contribution in [3.8, 4) is 0 Å². The lowest BCUT2D eigenvalue weighted by molar-refractivity contribution is 0.0625. The van der Waals surface area contributed by atoms with E-state index in [-0.39, 0.29) is 24.0 Å². The molecule has 5 nitrogen and oxygen atoms in total. The first-order valence-corrected chi connectivity index (χ1v) is 11.6. The maximum atomic E-state index is 15.1. The summed E-state index contributed by atoms with van der Waals surface area (Å²) in [5.41, 5.74) is 3.40. The van der Waals surface area contributed by atoms with Gasteiger partial charge in [0.05, 0.1) is 17.9 Å². The Bertz CT molecular complexity index is 1340. The van der Waals surface area contributed by atoms with Gasteiger partial charge in [-0.05, 0) is 43.0 Å². The first-order valence-electron chi connectivity index (χ1n) is 11.6. The molecule has 174 valence electrons. The standard InChI is InChI=1S/C27H25F2N3O2/c1-15(2)30-14-32(31-13-12-21(33)16(3)24(31)26(30)34)25-19-10-6-4-8-17(19)22-23(27(22,28)29)18-9-5-7-11-20(18)25/h4-13,15,22-23,25H,14H2,1-3H3/t22-,23+,25-. The summed E-state index contributed by atoms with van der Waals surface area (Å²) < 4.78 is 31.9. The van der Waals surface area contributed by atoms with Crippen molar-refractivity contribution in [1.82, 2.24) is 9.58 Å². The van der Waals surface area contributed by atoms with Crippen molar-refractivity contribution in [3.63, 3.8) is 0 Å². The van der Waals surface area contributed by atoms with Gasteiger partial charge in [-0.1, -0.05) is 48.5 Å². The van der Waals surface area contributed by atoms with Crippen molar-refractivity contribution >= 4 is 5.91 Å². The molecule has 1 aromatic heterocycles. The molecule has 0 radical (unpaired) electrons. The first kappa shape index (κ1) is 21.1. The van der Waals surface area contributed by atoms with Gasteiger partial charge in [-0.3, -0.25) is 19.3 Å². The second kappa shape index (κ2) is 7.01. The number of carbonyl (C=O) groups is 1. The molecule has 7 heteroatoms. The average molecular weight is 462 g/mol. The van der Waals surface area contributed by atoms with E-state index < -0.39 is 23.8 Å². The van der Waals surface area contributed by atoms with Gasteiger partial charge in [0.15, 0.2) is 5.43 Å². The number of hydrogen-bond donors (Lipinski definition) is 0. The highest BCUT2D eigenvalue weighted by Gasteiger charge is 2.71. The van der Waals surface area contributed by atoms with E-state index in [1.54, 1.807) is 34.8 Å². The van der Waals surface area contributed by atoms with E-state index in [9.17, 15) is 9.59 Å². The molecule has 1 saturated carbocycles. The second-order valence-corrected chi connectivity index (χ2v) is 9.74. The Morgan fingerprint density at radius 1 is 0.882 bits per heavy atom. The van der Waals surface area contributed by atoms with Crippen LogP contribution >= 0.6 is 0 Å². The molecule has 3 aliphatic rings. The van der Waals surface area contributed by atoms with Gasteiger partial charge in [0, 0.05) is 23.9 Å². The summed E-state index contributed by atoms with van der Waals surface area (Å²) in [5.74, 6) is -4.72. The number of alkyl halides is 2. The summed E-state index contributed by atoms with van der Waals surface area (Å²) in [6.07, 6.45) is 1.63. The molecule has 34 heavy (non-hydrogen) atoms. The highest BCUT2D eigenvalue weighted by atomic mass is 19.3. The second-order valence-electron chi connectivity index (χ2n) is 9.74. The molecule has 0 spiro atoms. The summed E-state index contributed by atoms with van der Waals surface area (Å²) in [7, 11) is 0. The molecule has 2 aliphatic carbocycles. The van der Waals surface area contributed by atoms with Gasteiger partial charge in [-0.15, -0.1) is 0 Å². The lowest BCUT2D eigenvalue weighted by atomic mass is 9.91. The predicted octanol–water partition coefficient (Wildman–Crippen LogP) is 4.54. The number of pyridine rings is 1. The Kier molecular flexibility index (Phi) is 4.35. The van der Waals surface area contributed by atoms with Gasteiger partial charge < -0.3 is 4.90 Å². The first-order chi connectivity index (χ1) is 16.2. The van der Waals surface area contributed by atoms with E-state index in [4.69, 9.17) is 0 Å². The van der Waals surface area contributed by atoms with Crippen LogP contribution in [0.1, 0.15) is 70.0 Å². The van der Waals surface area contributed by atoms with E-state index in [1.165, 1.54) is 6.07 Å². The van der Waals surface area contributed by atoms with Gasteiger partial charge in [-0.2, -0.15) is 0 Å². The maximum Gasteiger partial charge on any atom is 0.274 e. The zero-order valence-corrected chi connectivity index (χ0v) is 19.2. The van der Waals surface area contributed by atoms with Crippen LogP contribution in [0.2, 0.25) is 0 Å². The van der Waals surface area contributed by atoms with Gasteiger partial charge in [0.25, 0.3) is 11.8 Å². The molecular weight excluding hydrogens is 436 g/mol. The number of rotatable bonds is 2. The van der Waals surface area contributed by atoms with Crippen LogP contribution in [0, 0.1) is 6.92 Å². The Labute approximate surface area is 196 Å². The van der Waals surface area contributed by atoms with Crippen LogP contribution in [0.4, 0.5) is 8.78 Å². The lowest BCUT2D eigenvalue weighted by Crippen LogP contribution is -2.57. The summed E-state index contributed by atoms with van der Waals surface area (Å²) >= 11 is 0. The highest BCUT2D eigenvalue weighted by molar-refractivity contribution is 5.95. The van der Waals surface area contributed by atoms with E-state index >= 15 is 8.78 Å². The third-order valence-corrected chi connectivity index (χ3v) is 7.58. The Hall–Kier alpha value is -3.48. The normalized spacial score (nSPS) is 24.2. The summed E-state index contributed by atoms with van der Waals surface area (Å²) in [4.78, 5) is 27.6. The van der Waals surface area contributed by atoms with Gasteiger partial charge in [-0.25, -0.2) is 8.78 Å². The fourth-order valence-electron chi connectivity index (χ4n) is 5.80. The van der Waals surface area contributed by atoms with Crippen molar-refractivity contribution in [2.75, 3.05) is 11.7 Å². The van der Waals surface area contributed by atoms with Crippen LogP contribution in [0.15, 0.2) is 65.6 Å². The van der Waals surface area contributed by atoms with Crippen LogP contribution in [0.3, 0.4) is 0 Å². The van der Waals surface area contributed by atoms with E-state index in [1.807, 2.05) is 55.3 Å². The molecule has 0 saturated heterocycles. The van der Waals surface area contributed by atoms with Gasteiger partial charge in [0.2, 0.25) is 0 Å². The number of nitrogens with zero attached hydrogens (tertiary/aromatic N) is 3. The van der Waals surface area contributed by atoms with Crippen molar-refractivity contribution in [3.05, 3.63) is 105 Å². The number of halogens is 2. The van der Waals surface area contributed by atoms with Crippen LogP contribution in [-0.2, 0) is 0 Å². The Morgan fingerprint density at radius 3 is 1.94 bits per heavy atom. The molecule has 2 aromatic carbocycles. The number of hydrogen-bond acceptors (Lipinski definition) is 3. The summed E-state index contributed by atoms with van der Waals surface area (Å²) in [6, 6.07) is 15.8. The van der Waals surface area contributed by atoms with Crippen LogP contribution in [0.5, 0.6) is 0 Å². The van der Waals surface area contributed by atoms with E-state index in [2.05, 4.69) is 0 Å². The lowest BCUT2D eigenvalue weighted by Gasteiger charge is -2.46. The quantitative estimate of drug-likeness (QED) is 0.563. The third-order valence-electron chi connectivity index (χ3n) is 7.58. The minimum Gasteiger partial charge on any atom is -0.316 e. The predicted molar refractivity (Wildman–Crippen MR) is 125 cm³/mol. The van der Waals surface area contributed by atoms with Crippen LogP contribution in [-0.4, -0.2) is 34.1 Å². The smallest absolute Gasteiger partial charge is 0.274 e. The molecule has 1 amide bonds. The highest BCUT2D eigenvalue weighted by Crippen LogP contribution is 2.70. The van der Waals surface area contributed by atoms with Crippen LogP contribution in [0.25, 0.3) is 0 Å². The summed E-state index contributed by atoms with van der Waals surface area (Å²) in [6.45, 7) is 5.81. The molecule has 2 heterocycles. The fraction of sp³-hybridized carbons (Fsp3) is 0.333. The number of aromatic nitrogens is 1. The van der Waals surface area contributed by atoms with Crippen LogP contribution < -0.4 is 10.4 Å². The fourth-order valence-corrected chi connectivity index (χ4v) is 5.80. The molecule has 6 rings (SSSR count). The SMILES string of the molecule is Cc1c2n(ccc1=O)N([C@@H]1c3ccccc3[C@@H]3[C@H](c4ccccc41)C3(F)F)CN(C(C)C)C2=O. The maximum absolute atomic E-state index is 15.1. The zero-order chi connectivity index (χ0) is 23.9. The van der Waals surface area contributed by atoms with Crippen molar-refractivity contribution in [2.45, 2.75) is 50.6 Å². The molecule has 3 atom stereocenters. The zero-order valence-electron chi connectivity index (χ0n) is 19.2. The minimum atomic E-state index is -2.79. The van der Waals surface area contributed by atoms with Crippen molar-refractivity contribution in [1.29, 1.82) is 0 Å². The molecule has 0 bridgehead atoms. The Balaban J connectivity index is 1.64. The monoisotopic (exact) mass is 461 g/mol. The largest absolute Gasteiger partial charge is 0.316 e. The molecule has 1 aliphatic heterocycles. The van der Waals surface area contributed by atoms with Crippen molar-refractivity contribution < 1.29 is 13.6 Å². The van der Waals surface area contributed by atoms with E-state index in [0.717, 1.165) is 11.1 Å². The number of fused-ring (bicyclic) bond motifs is 6. The summed E-state index contributed by atoms with van der Waals surface area (Å²) in [5, 5.41) is 2.03. The molecule has 1 fully saturated rings. The molecule has 0 N–H and O–H groups in total. The molecule has 0 unspecified atom stereocenters. The number of amides is 1. The van der Waals surface area contributed by atoms with E-state index in [0.29, 0.717) is 22.4 Å². The third kappa shape index (κ3) is 2.70. The number of carbonyl (C=O) groups excluding carboxylic acids is 1. The minimum absolute atomic E-state index is 0.104. The number of benzene rings is 2. The molecule has 3 aromatic rings. The van der Waals surface area contributed by atoms with Gasteiger partial charge in [0.1, 0.15) is 12.4 Å². The Morgan fingerprint density at radius 2 is 1.41 bits per heavy atom.